The summed E-state index contributed by atoms with van der Waals surface area (Å²) in [6, 6.07) is 6.77. The Kier molecular flexibility index (Phi) is 4.21. The molecule has 5 heteroatoms. The highest BCUT2D eigenvalue weighted by Gasteiger charge is 2.35. The highest BCUT2D eigenvalue weighted by atomic mass is 16.4. The van der Waals surface area contributed by atoms with Crippen molar-refractivity contribution in [1.29, 1.82) is 0 Å². The Labute approximate surface area is 124 Å². The number of hydrogen-bond acceptors (Lipinski definition) is 3. The van der Waals surface area contributed by atoms with Gasteiger partial charge in [0, 0.05) is 12.2 Å². The molecule has 5 nitrogen and oxygen atoms in total. The molecule has 1 aromatic rings. The third-order valence-electron chi connectivity index (χ3n) is 3.80. The largest absolute Gasteiger partial charge is 0.480 e. The third kappa shape index (κ3) is 3.35. The summed E-state index contributed by atoms with van der Waals surface area (Å²) in [7, 11) is 0. The van der Waals surface area contributed by atoms with Crippen molar-refractivity contribution >= 4 is 17.6 Å². The van der Waals surface area contributed by atoms with E-state index < -0.39 is 17.4 Å². The molecule has 0 radical (unpaired) electrons. The Hall–Kier alpha value is -2.04. The Morgan fingerprint density at radius 2 is 2.00 bits per heavy atom. The molecule has 114 valence electrons. The van der Waals surface area contributed by atoms with Crippen molar-refractivity contribution < 1.29 is 14.7 Å². The topological polar surface area (TPSA) is 78.4 Å². The standard InChI is InChI=1S/C16H22N2O3/c1-16(2,3)13(15(20)21)18-14(19)11-8-9-17-12-7-5-4-6-10(11)12/h4-7,11,13,17H,8-9H2,1-3H3,(H,18,19)(H,20,21). The summed E-state index contributed by atoms with van der Waals surface area (Å²) < 4.78 is 0. The lowest BCUT2D eigenvalue weighted by molar-refractivity contribution is -0.145. The molecule has 21 heavy (non-hydrogen) atoms. The summed E-state index contributed by atoms with van der Waals surface area (Å²) in [6.45, 7) is 6.13. The minimum absolute atomic E-state index is 0.216. The van der Waals surface area contributed by atoms with Gasteiger partial charge in [0.2, 0.25) is 5.91 Å². The molecule has 0 aromatic heterocycles. The van der Waals surface area contributed by atoms with E-state index in [1.54, 1.807) is 0 Å². The lowest BCUT2D eigenvalue weighted by atomic mass is 9.85. The van der Waals surface area contributed by atoms with Gasteiger partial charge in [0.25, 0.3) is 0 Å². The molecule has 0 bridgehead atoms. The fourth-order valence-corrected chi connectivity index (χ4v) is 2.63. The number of aliphatic carboxylic acids is 1. The molecule has 2 rings (SSSR count). The third-order valence-corrected chi connectivity index (χ3v) is 3.80. The molecule has 1 amide bonds. The van der Waals surface area contributed by atoms with Crippen LogP contribution in [0.1, 0.15) is 38.7 Å². The van der Waals surface area contributed by atoms with Gasteiger partial charge in [-0.05, 0) is 23.5 Å². The van der Waals surface area contributed by atoms with Crippen LogP contribution in [0, 0.1) is 5.41 Å². The van der Waals surface area contributed by atoms with Crippen LogP contribution >= 0.6 is 0 Å². The fourth-order valence-electron chi connectivity index (χ4n) is 2.63. The van der Waals surface area contributed by atoms with Gasteiger partial charge in [0.15, 0.2) is 0 Å². The van der Waals surface area contributed by atoms with Gasteiger partial charge in [-0.15, -0.1) is 0 Å². The second-order valence-electron chi connectivity index (χ2n) is 6.50. The van der Waals surface area contributed by atoms with Gasteiger partial charge >= 0.3 is 5.97 Å². The lowest BCUT2D eigenvalue weighted by Gasteiger charge is -2.31. The molecular weight excluding hydrogens is 268 g/mol. The molecule has 2 atom stereocenters. The van der Waals surface area contributed by atoms with Gasteiger partial charge in [-0.3, -0.25) is 4.79 Å². The molecule has 1 aliphatic rings. The van der Waals surface area contributed by atoms with Gasteiger partial charge in [0.1, 0.15) is 6.04 Å². The molecule has 0 saturated carbocycles. The Bertz CT molecular complexity index is 549. The Morgan fingerprint density at radius 1 is 1.33 bits per heavy atom. The minimum atomic E-state index is -1.00. The van der Waals surface area contributed by atoms with E-state index in [1.165, 1.54) is 0 Å². The smallest absolute Gasteiger partial charge is 0.326 e. The number of carbonyl (C=O) groups is 2. The fraction of sp³-hybridized carbons (Fsp3) is 0.500. The second-order valence-corrected chi connectivity index (χ2v) is 6.50. The molecule has 1 aliphatic heterocycles. The van der Waals surface area contributed by atoms with Gasteiger partial charge < -0.3 is 15.7 Å². The number of hydrogen-bond donors (Lipinski definition) is 3. The molecule has 1 aromatic carbocycles. The number of nitrogens with one attached hydrogen (secondary N) is 2. The maximum Gasteiger partial charge on any atom is 0.326 e. The van der Waals surface area contributed by atoms with E-state index in [9.17, 15) is 14.7 Å². The summed E-state index contributed by atoms with van der Waals surface area (Å²) in [5, 5.41) is 15.3. The Balaban J connectivity index is 2.20. The number of para-hydroxylation sites is 1. The number of carboxylic acids is 1. The van der Waals surface area contributed by atoms with Crippen LogP contribution in [-0.4, -0.2) is 29.6 Å². The summed E-state index contributed by atoms with van der Waals surface area (Å²) in [5.74, 6) is -1.52. The first-order valence-electron chi connectivity index (χ1n) is 7.16. The summed E-state index contributed by atoms with van der Waals surface area (Å²) >= 11 is 0. The van der Waals surface area contributed by atoms with E-state index in [0.717, 1.165) is 11.3 Å². The van der Waals surface area contributed by atoms with E-state index in [4.69, 9.17) is 0 Å². The van der Waals surface area contributed by atoms with Gasteiger partial charge in [-0.1, -0.05) is 39.0 Å². The van der Waals surface area contributed by atoms with Crippen molar-refractivity contribution in [3.8, 4) is 0 Å². The quantitative estimate of drug-likeness (QED) is 0.797. The zero-order valence-corrected chi connectivity index (χ0v) is 12.6. The number of amides is 1. The zero-order chi connectivity index (χ0) is 15.6. The lowest BCUT2D eigenvalue weighted by Crippen LogP contribution is -2.50. The Morgan fingerprint density at radius 3 is 2.62 bits per heavy atom. The van der Waals surface area contributed by atoms with Crippen LogP contribution in [-0.2, 0) is 9.59 Å². The first kappa shape index (κ1) is 15.4. The zero-order valence-electron chi connectivity index (χ0n) is 12.6. The molecule has 0 aliphatic carbocycles. The minimum Gasteiger partial charge on any atom is -0.480 e. The first-order valence-corrected chi connectivity index (χ1v) is 7.16. The molecule has 0 spiro atoms. The van der Waals surface area contributed by atoms with Gasteiger partial charge in [-0.2, -0.15) is 0 Å². The van der Waals surface area contributed by atoms with E-state index in [-0.39, 0.29) is 11.8 Å². The van der Waals surface area contributed by atoms with E-state index in [2.05, 4.69) is 10.6 Å². The molecular formula is C16H22N2O3. The average molecular weight is 290 g/mol. The van der Waals surface area contributed by atoms with Gasteiger partial charge in [0.05, 0.1) is 5.92 Å². The van der Waals surface area contributed by atoms with Crippen molar-refractivity contribution in [1.82, 2.24) is 5.32 Å². The van der Waals surface area contributed by atoms with E-state index in [0.29, 0.717) is 13.0 Å². The number of fused-ring (bicyclic) bond motifs is 1. The molecule has 0 fully saturated rings. The van der Waals surface area contributed by atoms with Crippen molar-refractivity contribution in [2.75, 3.05) is 11.9 Å². The predicted molar refractivity (Wildman–Crippen MR) is 81.3 cm³/mol. The number of carbonyl (C=O) groups excluding carboxylic acids is 1. The van der Waals surface area contributed by atoms with Crippen LogP contribution in [0.4, 0.5) is 5.69 Å². The maximum atomic E-state index is 12.5. The monoisotopic (exact) mass is 290 g/mol. The number of anilines is 1. The SMILES string of the molecule is CC(C)(C)C(NC(=O)C1CCNc2ccccc21)C(=O)O. The number of rotatable bonds is 3. The van der Waals surface area contributed by atoms with Crippen LogP contribution in [0.3, 0.4) is 0 Å². The van der Waals surface area contributed by atoms with Crippen LogP contribution in [0.25, 0.3) is 0 Å². The molecule has 0 saturated heterocycles. The van der Waals surface area contributed by atoms with Crippen molar-refractivity contribution in [3.05, 3.63) is 29.8 Å². The molecule has 2 unspecified atom stereocenters. The van der Waals surface area contributed by atoms with Crippen molar-refractivity contribution in [2.24, 2.45) is 5.41 Å². The number of carboxylic acid groups (broad SMARTS) is 1. The van der Waals surface area contributed by atoms with Crippen LogP contribution in [0.5, 0.6) is 0 Å². The molecule has 1 heterocycles. The van der Waals surface area contributed by atoms with Crippen LogP contribution in [0.15, 0.2) is 24.3 Å². The highest BCUT2D eigenvalue weighted by Crippen LogP contribution is 2.32. The first-order chi connectivity index (χ1) is 9.80. The maximum absolute atomic E-state index is 12.5. The summed E-state index contributed by atoms with van der Waals surface area (Å²) in [6.07, 6.45) is 0.666. The average Bonchev–Trinajstić information content (AvgIpc) is 2.42. The summed E-state index contributed by atoms with van der Waals surface area (Å²) in [5.41, 5.74) is 1.35. The molecule has 3 N–H and O–H groups in total. The van der Waals surface area contributed by atoms with E-state index in [1.807, 2.05) is 45.0 Å². The van der Waals surface area contributed by atoms with Crippen molar-refractivity contribution in [2.45, 2.75) is 39.2 Å². The van der Waals surface area contributed by atoms with Crippen LogP contribution < -0.4 is 10.6 Å². The highest BCUT2D eigenvalue weighted by molar-refractivity contribution is 5.90. The second kappa shape index (κ2) is 5.76. The van der Waals surface area contributed by atoms with Crippen molar-refractivity contribution in [3.63, 3.8) is 0 Å². The van der Waals surface area contributed by atoms with Crippen LogP contribution in [0.2, 0.25) is 0 Å². The summed E-state index contributed by atoms with van der Waals surface area (Å²) in [4.78, 5) is 23.9. The van der Waals surface area contributed by atoms with Gasteiger partial charge in [-0.25, -0.2) is 4.79 Å². The normalized spacial score (nSPS) is 19.1. The number of benzene rings is 1. The predicted octanol–water partition coefficient (Wildman–Crippen LogP) is 2.20. The van der Waals surface area contributed by atoms with E-state index >= 15 is 0 Å².